The van der Waals surface area contributed by atoms with Crippen molar-refractivity contribution >= 4 is 34.4 Å². The highest BCUT2D eigenvalue weighted by molar-refractivity contribution is 6.60. The molecule has 7 nitrogen and oxygen atoms in total. The highest BCUT2D eigenvalue weighted by atomic mass is 16.5. The molecule has 1 aromatic carbocycles. The Kier molecular flexibility index (Phi) is 5.46. The third kappa shape index (κ3) is 3.51. The smallest absolute Gasteiger partial charge is 0.183 e. The number of ether oxygens (including phenoxy) is 1. The van der Waals surface area contributed by atoms with Gasteiger partial charge in [0.05, 0.1) is 37.9 Å². The molecule has 0 radical (unpaired) electrons. The third-order valence-electron chi connectivity index (χ3n) is 3.95. The van der Waals surface area contributed by atoms with Gasteiger partial charge in [0.2, 0.25) is 0 Å². The average Bonchev–Trinajstić information content (AvgIpc) is 2.55. The van der Waals surface area contributed by atoms with Crippen LogP contribution in [0.4, 0.5) is 11.4 Å². The summed E-state index contributed by atoms with van der Waals surface area (Å²) in [5, 5.41) is 0. The van der Waals surface area contributed by atoms with Crippen molar-refractivity contribution in [3.8, 4) is 5.75 Å². The number of aliphatic imine (C=N–C) groups is 2. The number of carbonyl (C=O) groups excluding carboxylic acids is 2. The van der Waals surface area contributed by atoms with Gasteiger partial charge in [0.1, 0.15) is 11.4 Å². The molecule has 24 heavy (non-hydrogen) atoms. The Balaban J connectivity index is 2.40. The molecule has 0 bridgehead atoms. The van der Waals surface area contributed by atoms with Crippen LogP contribution in [0.1, 0.15) is 24.0 Å². The van der Waals surface area contributed by atoms with E-state index in [-0.39, 0.29) is 35.8 Å². The van der Waals surface area contributed by atoms with Crippen molar-refractivity contribution in [3.05, 3.63) is 17.2 Å². The second-order valence-corrected chi connectivity index (χ2v) is 5.66. The standard InChI is InChI=1S/C17H22N4O3/c1-9-6-13(17(24-3)10(2)16(9)19)21-12-8-14(22)11(7-15(12)23)20-5-4-18/h6H,4-5,7-8,18-19H2,1-3H3. The zero-order valence-corrected chi connectivity index (χ0v) is 14.2. The van der Waals surface area contributed by atoms with Crippen molar-refractivity contribution in [1.82, 2.24) is 0 Å². The Morgan fingerprint density at radius 2 is 1.79 bits per heavy atom. The van der Waals surface area contributed by atoms with Crippen molar-refractivity contribution in [3.63, 3.8) is 0 Å². The summed E-state index contributed by atoms with van der Waals surface area (Å²) in [4.78, 5) is 32.9. The van der Waals surface area contributed by atoms with Crippen LogP contribution < -0.4 is 16.2 Å². The van der Waals surface area contributed by atoms with E-state index in [9.17, 15) is 9.59 Å². The zero-order valence-electron chi connectivity index (χ0n) is 14.2. The van der Waals surface area contributed by atoms with Gasteiger partial charge in [-0.15, -0.1) is 0 Å². The van der Waals surface area contributed by atoms with Crippen LogP contribution in [-0.2, 0) is 9.59 Å². The predicted molar refractivity (Wildman–Crippen MR) is 94.6 cm³/mol. The summed E-state index contributed by atoms with van der Waals surface area (Å²) in [6, 6.07) is 1.75. The van der Waals surface area contributed by atoms with Gasteiger partial charge in [0.15, 0.2) is 11.6 Å². The van der Waals surface area contributed by atoms with Gasteiger partial charge >= 0.3 is 0 Å². The van der Waals surface area contributed by atoms with E-state index in [0.29, 0.717) is 30.2 Å². The lowest BCUT2D eigenvalue weighted by Crippen LogP contribution is -2.33. The summed E-state index contributed by atoms with van der Waals surface area (Å²) < 4.78 is 5.37. The molecule has 128 valence electrons. The maximum Gasteiger partial charge on any atom is 0.183 e. The normalized spacial score (nSPS) is 18.5. The van der Waals surface area contributed by atoms with E-state index >= 15 is 0 Å². The fraction of sp³-hybridized carbons (Fsp3) is 0.412. The number of hydrogen-bond acceptors (Lipinski definition) is 7. The van der Waals surface area contributed by atoms with Crippen LogP contribution in [0, 0.1) is 13.8 Å². The fourth-order valence-electron chi connectivity index (χ4n) is 2.60. The number of Topliss-reactive ketones (excluding diaryl/α,β-unsaturated/α-hetero) is 2. The first kappa shape index (κ1) is 17.8. The van der Waals surface area contributed by atoms with Gasteiger partial charge < -0.3 is 16.2 Å². The van der Waals surface area contributed by atoms with Crippen LogP contribution >= 0.6 is 0 Å². The molecule has 1 fully saturated rings. The number of nitrogens with zero attached hydrogens (tertiary/aromatic N) is 2. The van der Waals surface area contributed by atoms with E-state index < -0.39 is 0 Å². The summed E-state index contributed by atoms with van der Waals surface area (Å²) in [6.07, 6.45) is -0.0964. The van der Waals surface area contributed by atoms with Gasteiger partial charge in [-0.2, -0.15) is 0 Å². The number of rotatable bonds is 4. The number of anilines is 1. The Morgan fingerprint density at radius 1 is 1.17 bits per heavy atom. The zero-order chi connectivity index (χ0) is 17.9. The number of methoxy groups -OCH3 is 1. The molecule has 0 atom stereocenters. The van der Waals surface area contributed by atoms with Crippen LogP contribution in [0.3, 0.4) is 0 Å². The Bertz CT molecular complexity index is 751. The van der Waals surface area contributed by atoms with Gasteiger partial charge in [0, 0.05) is 17.8 Å². The molecule has 0 amide bonds. The number of aryl methyl sites for hydroxylation is 1. The molecule has 0 spiro atoms. The summed E-state index contributed by atoms with van der Waals surface area (Å²) in [6.45, 7) is 4.37. The maximum atomic E-state index is 12.3. The molecule has 1 aliphatic rings. The molecule has 0 saturated heterocycles. The molecule has 7 heteroatoms. The number of benzene rings is 1. The van der Waals surface area contributed by atoms with Crippen LogP contribution in [0.2, 0.25) is 0 Å². The minimum atomic E-state index is -0.209. The quantitative estimate of drug-likeness (QED) is 0.806. The van der Waals surface area contributed by atoms with E-state index in [0.717, 1.165) is 11.1 Å². The van der Waals surface area contributed by atoms with E-state index in [1.807, 2.05) is 13.8 Å². The van der Waals surface area contributed by atoms with Crippen molar-refractivity contribution in [1.29, 1.82) is 0 Å². The van der Waals surface area contributed by atoms with Gasteiger partial charge in [-0.3, -0.25) is 14.6 Å². The third-order valence-corrected chi connectivity index (χ3v) is 3.95. The summed E-state index contributed by atoms with van der Waals surface area (Å²) in [7, 11) is 1.52. The first-order valence-electron chi connectivity index (χ1n) is 7.70. The Hall–Kier alpha value is -2.54. The minimum Gasteiger partial charge on any atom is -0.494 e. The number of hydrogen-bond donors (Lipinski definition) is 2. The topological polar surface area (TPSA) is 120 Å². The lowest BCUT2D eigenvalue weighted by molar-refractivity contribution is -0.116. The van der Waals surface area contributed by atoms with Crippen LogP contribution in [-0.4, -0.2) is 43.2 Å². The summed E-state index contributed by atoms with van der Waals surface area (Å²) in [5.41, 5.74) is 14.6. The highest BCUT2D eigenvalue weighted by Gasteiger charge is 2.28. The molecule has 0 heterocycles. The number of carbonyl (C=O) groups is 2. The second kappa shape index (κ2) is 7.35. The molecule has 1 aromatic rings. The number of ketones is 2. The molecule has 0 aliphatic heterocycles. The van der Waals surface area contributed by atoms with Gasteiger partial charge in [-0.25, -0.2) is 4.99 Å². The van der Waals surface area contributed by atoms with E-state index in [4.69, 9.17) is 16.2 Å². The first-order valence-corrected chi connectivity index (χ1v) is 7.70. The van der Waals surface area contributed by atoms with Crippen LogP contribution in [0.15, 0.2) is 16.1 Å². The maximum absolute atomic E-state index is 12.3. The summed E-state index contributed by atoms with van der Waals surface area (Å²) >= 11 is 0. The number of nitrogens with two attached hydrogens (primary N) is 2. The van der Waals surface area contributed by atoms with E-state index in [2.05, 4.69) is 9.98 Å². The largest absolute Gasteiger partial charge is 0.494 e. The highest BCUT2D eigenvalue weighted by Crippen LogP contribution is 2.37. The van der Waals surface area contributed by atoms with Crippen molar-refractivity contribution < 1.29 is 14.3 Å². The van der Waals surface area contributed by atoms with Crippen molar-refractivity contribution in [2.75, 3.05) is 25.9 Å². The van der Waals surface area contributed by atoms with Crippen molar-refractivity contribution in [2.45, 2.75) is 26.7 Å². The molecular weight excluding hydrogens is 308 g/mol. The molecule has 1 saturated carbocycles. The lowest BCUT2D eigenvalue weighted by Gasteiger charge is -2.16. The molecule has 1 aliphatic carbocycles. The molecular formula is C17H22N4O3. The van der Waals surface area contributed by atoms with Crippen LogP contribution in [0.5, 0.6) is 5.75 Å². The average molecular weight is 330 g/mol. The van der Waals surface area contributed by atoms with Gasteiger partial charge in [-0.1, -0.05) is 0 Å². The monoisotopic (exact) mass is 330 g/mol. The van der Waals surface area contributed by atoms with Gasteiger partial charge in [-0.05, 0) is 25.5 Å². The SMILES string of the molecule is COc1c(N=C2CC(=O)C(=NCCN)CC2=O)cc(C)c(N)c1C. The minimum absolute atomic E-state index is 0.0348. The molecule has 2 rings (SSSR count). The Morgan fingerprint density at radius 3 is 2.42 bits per heavy atom. The lowest BCUT2D eigenvalue weighted by atomic mass is 9.93. The molecule has 0 aromatic heterocycles. The van der Waals surface area contributed by atoms with Crippen LogP contribution in [0.25, 0.3) is 0 Å². The Labute approximate surface area is 140 Å². The van der Waals surface area contributed by atoms with Crippen molar-refractivity contribution in [2.24, 2.45) is 15.7 Å². The predicted octanol–water partition coefficient (Wildman–Crippen LogP) is 1.30. The summed E-state index contributed by atoms with van der Waals surface area (Å²) in [5.74, 6) is 0.109. The molecule has 0 unspecified atom stereocenters. The first-order chi connectivity index (χ1) is 11.4. The fourth-order valence-corrected chi connectivity index (χ4v) is 2.60. The van der Waals surface area contributed by atoms with E-state index in [1.165, 1.54) is 7.11 Å². The van der Waals surface area contributed by atoms with E-state index in [1.54, 1.807) is 6.07 Å². The van der Waals surface area contributed by atoms with Gasteiger partial charge in [0.25, 0.3) is 0 Å². The molecule has 4 N–H and O–H groups in total. The number of nitrogen functional groups attached to an aromatic ring is 1. The second-order valence-electron chi connectivity index (χ2n) is 5.66.